The second-order valence-corrected chi connectivity index (χ2v) is 5.28. The molecule has 0 aliphatic carbocycles. The Morgan fingerprint density at radius 3 is 2.71 bits per heavy atom. The number of hydrogen-bond acceptors (Lipinski definition) is 4. The molecule has 17 heavy (non-hydrogen) atoms. The highest BCUT2D eigenvalue weighted by molar-refractivity contribution is 14.1. The molecule has 2 rings (SSSR count). The molecule has 6 heteroatoms. The maximum Gasteiger partial charge on any atom is 0.354 e. The Morgan fingerprint density at radius 2 is 2.18 bits per heavy atom. The van der Waals surface area contributed by atoms with Crippen LogP contribution >= 0.6 is 22.9 Å². The Hall–Kier alpha value is -0.890. The third-order valence-electron chi connectivity index (χ3n) is 2.65. The number of pyridine rings is 1. The zero-order valence-electron chi connectivity index (χ0n) is 9.17. The first-order valence-electron chi connectivity index (χ1n) is 5.42. The van der Waals surface area contributed by atoms with Crippen LogP contribution in [0.3, 0.4) is 0 Å². The zero-order valence-corrected chi connectivity index (χ0v) is 11.3. The van der Waals surface area contributed by atoms with E-state index in [2.05, 4.69) is 31.0 Å². The molecule has 1 fully saturated rings. The Bertz CT molecular complexity index is 388. The fourth-order valence-corrected chi connectivity index (χ4v) is 2.27. The van der Waals surface area contributed by atoms with Gasteiger partial charge in [-0.3, -0.25) is 0 Å². The van der Waals surface area contributed by atoms with E-state index in [0.717, 1.165) is 25.9 Å². The van der Waals surface area contributed by atoms with Gasteiger partial charge in [0, 0.05) is 36.0 Å². The molecule has 1 N–H and O–H groups in total. The molecule has 1 aliphatic heterocycles. The number of aromatic nitrogens is 1. The number of carbonyl (C=O) groups is 1. The van der Waals surface area contributed by atoms with Gasteiger partial charge in [-0.1, -0.05) is 0 Å². The molecule has 0 radical (unpaired) electrons. The predicted octanol–water partition coefficient (Wildman–Crippen LogP) is 1.97. The molecule has 0 saturated carbocycles. The first-order valence-corrected chi connectivity index (χ1v) is 6.38. The van der Waals surface area contributed by atoms with Crippen molar-refractivity contribution in [2.75, 3.05) is 13.1 Å². The van der Waals surface area contributed by atoms with Crippen LogP contribution in [0.2, 0.25) is 0 Å². The average molecular weight is 348 g/mol. The van der Waals surface area contributed by atoms with Crippen molar-refractivity contribution in [2.24, 2.45) is 0 Å². The van der Waals surface area contributed by atoms with Gasteiger partial charge in [0.25, 0.3) is 0 Å². The lowest BCUT2D eigenvalue weighted by atomic mass is 10.1. The number of aromatic carboxylic acids is 1. The molecule has 1 saturated heterocycles. The highest BCUT2D eigenvalue weighted by Gasteiger charge is 2.19. The number of ether oxygens (including phenoxy) is 1. The molecule has 0 aromatic carbocycles. The summed E-state index contributed by atoms with van der Waals surface area (Å²) in [5.74, 6) is -0.378. The minimum absolute atomic E-state index is 0.0411. The van der Waals surface area contributed by atoms with Crippen molar-refractivity contribution in [1.29, 1.82) is 0 Å². The third-order valence-corrected chi connectivity index (χ3v) is 3.61. The topological polar surface area (TPSA) is 62.7 Å². The summed E-state index contributed by atoms with van der Waals surface area (Å²) >= 11 is 2.31. The van der Waals surface area contributed by atoms with E-state index in [9.17, 15) is 4.79 Å². The van der Waals surface area contributed by atoms with Crippen molar-refractivity contribution in [3.05, 3.63) is 24.0 Å². The van der Waals surface area contributed by atoms with Crippen molar-refractivity contribution in [2.45, 2.75) is 18.9 Å². The highest BCUT2D eigenvalue weighted by Crippen LogP contribution is 2.20. The quantitative estimate of drug-likeness (QED) is 0.669. The molecule has 0 amide bonds. The molecule has 92 valence electrons. The first kappa shape index (κ1) is 12.6. The average Bonchev–Trinajstić information content (AvgIpc) is 2.33. The lowest BCUT2D eigenvalue weighted by Gasteiger charge is -2.27. The van der Waals surface area contributed by atoms with Crippen LogP contribution in [-0.4, -0.2) is 38.4 Å². The molecule has 0 bridgehead atoms. The number of carboxylic acid groups (broad SMARTS) is 1. The minimum Gasteiger partial charge on any atom is -0.489 e. The maximum atomic E-state index is 10.6. The Kier molecular flexibility index (Phi) is 4.16. The van der Waals surface area contributed by atoms with E-state index < -0.39 is 5.97 Å². The summed E-state index contributed by atoms with van der Waals surface area (Å²) in [4.78, 5) is 14.5. The third kappa shape index (κ3) is 3.53. The molecule has 2 heterocycles. The van der Waals surface area contributed by atoms with E-state index in [1.165, 1.54) is 12.3 Å². The fraction of sp³-hybridized carbons (Fsp3) is 0.455. The Morgan fingerprint density at radius 1 is 1.47 bits per heavy atom. The van der Waals surface area contributed by atoms with Crippen molar-refractivity contribution >= 4 is 28.8 Å². The van der Waals surface area contributed by atoms with E-state index in [0.29, 0.717) is 5.75 Å². The van der Waals surface area contributed by atoms with Gasteiger partial charge in [0.05, 0.1) is 6.20 Å². The molecular formula is C11H13IN2O3. The zero-order chi connectivity index (χ0) is 12.3. The largest absolute Gasteiger partial charge is 0.489 e. The minimum atomic E-state index is -1.02. The van der Waals surface area contributed by atoms with E-state index in [4.69, 9.17) is 9.84 Å². The van der Waals surface area contributed by atoms with E-state index in [1.54, 1.807) is 6.07 Å². The maximum absolute atomic E-state index is 10.6. The molecule has 0 atom stereocenters. The fourth-order valence-electron chi connectivity index (χ4n) is 1.71. The normalized spacial score (nSPS) is 17.9. The Labute approximate surface area is 113 Å². The Balaban J connectivity index is 1.92. The van der Waals surface area contributed by atoms with Gasteiger partial charge in [-0.2, -0.15) is 0 Å². The van der Waals surface area contributed by atoms with Gasteiger partial charge in [0.1, 0.15) is 17.5 Å². The number of piperidine rings is 1. The summed E-state index contributed by atoms with van der Waals surface area (Å²) in [6.07, 6.45) is 3.66. The number of halogens is 1. The van der Waals surface area contributed by atoms with Gasteiger partial charge >= 0.3 is 5.97 Å². The second kappa shape index (κ2) is 5.63. The summed E-state index contributed by atoms with van der Waals surface area (Å²) in [7, 11) is 0. The lowest BCUT2D eigenvalue weighted by Crippen LogP contribution is -2.32. The smallest absolute Gasteiger partial charge is 0.354 e. The van der Waals surface area contributed by atoms with Gasteiger partial charge < -0.3 is 9.84 Å². The SMILES string of the molecule is O=C(O)c1ccc(OC2CCN(I)CC2)cn1. The van der Waals surface area contributed by atoms with Crippen LogP contribution in [-0.2, 0) is 0 Å². The second-order valence-electron chi connectivity index (χ2n) is 3.91. The van der Waals surface area contributed by atoms with Gasteiger partial charge in [-0.15, -0.1) is 0 Å². The number of nitrogens with zero attached hydrogens (tertiary/aromatic N) is 2. The molecular weight excluding hydrogens is 335 g/mol. The summed E-state index contributed by atoms with van der Waals surface area (Å²) in [5, 5.41) is 8.72. The van der Waals surface area contributed by atoms with Gasteiger partial charge in [-0.05, 0) is 25.0 Å². The van der Waals surface area contributed by atoms with Gasteiger partial charge in [-0.25, -0.2) is 12.9 Å². The van der Waals surface area contributed by atoms with Crippen molar-refractivity contribution < 1.29 is 14.6 Å². The first-order chi connectivity index (χ1) is 8.15. The highest BCUT2D eigenvalue weighted by atomic mass is 127. The van der Waals surface area contributed by atoms with Crippen molar-refractivity contribution in [3.8, 4) is 5.75 Å². The molecule has 0 unspecified atom stereocenters. The summed E-state index contributed by atoms with van der Waals surface area (Å²) in [6, 6.07) is 3.12. The van der Waals surface area contributed by atoms with Gasteiger partial charge in [0.2, 0.25) is 0 Å². The van der Waals surface area contributed by atoms with Crippen molar-refractivity contribution in [1.82, 2.24) is 8.10 Å². The summed E-state index contributed by atoms with van der Waals surface area (Å²) in [5.41, 5.74) is 0.0411. The molecule has 1 aromatic heterocycles. The van der Waals surface area contributed by atoms with Crippen LogP contribution in [0.25, 0.3) is 0 Å². The monoisotopic (exact) mass is 348 g/mol. The van der Waals surface area contributed by atoms with Crippen molar-refractivity contribution in [3.63, 3.8) is 0 Å². The van der Waals surface area contributed by atoms with Crippen LogP contribution in [0.4, 0.5) is 0 Å². The number of hydrogen-bond donors (Lipinski definition) is 1. The van der Waals surface area contributed by atoms with E-state index in [-0.39, 0.29) is 11.8 Å². The van der Waals surface area contributed by atoms with Crippen LogP contribution < -0.4 is 4.74 Å². The predicted molar refractivity (Wildman–Crippen MR) is 70.4 cm³/mol. The van der Waals surface area contributed by atoms with Crippen LogP contribution in [0.15, 0.2) is 18.3 Å². The standard InChI is InChI=1S/C11H13IN2O3/c12-14-5-3-8(4-6-14)17-9-1-2-10(11(15)16)13-7-9/h1-2,7-8H,3-6H2,(H,15,16). The van der Waals surface area contributed by atoms with Crippen LogP contribution in [0.1, 0.15) is 23.3 Å². The van der Waals surface area contributed by atoms with E-state index in [1.807, 2.05) is 0 Å². The lowest BCUT2D eigenvalue weighted by molar-refractivity contribution is 0.0690. The molecule has 1 aliphatic rings. The van der Waals surface area contributed by atoms with E-state index >= 15 is 0 Å². The van der Waals surface area contributed by atoms with Gasteiger partial charge in [0.15, 0.2) is 0 Å². The molecule has 1 aromatic rings. The summed E-state index contributed by atoms with van der Waals surface area (Å²) < 4.78 is 7.99. The molecule has 0 spiro atoms. The number of rotatable bonds is 3. The molecule has 5 nitrogen and oxygen atoms in total. The summed E-state index contributed by atoms with van der Waals surface area (Å²) in [6.45, 7) is 2.04. The van der Waals surface area contributed by atoms with Crippen LogP contribution in [0.5, 0.6) is 5.75 Å². The van der Waals surface area contributed by atoms with Crippen LogP contribution in [0, 0.1) is 0 Å². The number of carboxylic acids is 1.